The van der Waals surface area contributed by atoms with E-state index in [0.29, 0.717) is 23.1 Å². The Balaban J connectivity index is 1.74. The molecule has 0 fully saturated rings. The van der Waals surface area contributed by atoms with Gasteiger partial charge in [-0.1, -0.05) is 65.4 Å². The van der Waals surface area contributed by atoms with Crippen LogP contribution in [0.25, 0.3) is 10.2 Å². The lowest BCUT2D eigenvalue weighted by atomic mass is 10.2. The maximum atomic E-state index is 13.1. The van der Waals surface area contributed by atoms with Crippen molar-refractivity contribution in [2.45, 2.75) is 19.9 Å². The lowest BCUT2D eigenvalue weighted by molar-refractivity contribution is -0.118. The molecular weight excluding hydrogens is 396 g/mol. The van der Waals surface area contributed by atoms with Gasteiger partial charge in [0, 0.05) is 4.88 Å². The van der Waals surface area contributed by atoms with E-state index in [0.717, 1.165) is 26.2 Å². The molecule has 6 heteroatoms. The molecule has 0 saturated heterocycles. The van der Waals surface area contributed by atoms with E-state index in [1.807, 2.05) is 66.9 Å². The smallest absolute Gasteiger partial charge is 0.234 e. The van der Waals surface area contributed by atoms with E-state index < -0.39 is 0 Å². The average Bonchev–Trinajstić information content (AvgIpc) is 3.34. The first kappa shape index (κ1) is 18.2. The van der Waals surface area contributed by atoms with Gasteiger partial charge in [0.1, 0.15) is 0 Å². The third kappa shape index (κ3) is 3.90. The number of anilines is 1. The van der Waals surface area contributed by atoms with Crippen molar-refractivity contribution in [3.63, 3.8) is 0 Å². The van der Waals surface area contributed by atoms with Crippen molar-refractivity contribution < 1.29 is 4.79 Å². The fourth-order valence-corrected chi connectivity index (χ4v) is 4.92. The standard InChI is InChI=1S/C21H17ClN2OS2/c1-14-9-10-17(22)20-19(14)23-21(27-20)24(13-15-6-3-2-4-7-15)18(25)12-16-8-5-11-26-16/h2-11H,12-13H2,1H3. The van der Waals surface area contributed by atoms with Crippen molar-refractivity contribution in [1.29, 1.82) is 0 Å². The van der Waals surface area contributed by atoms with Crippen molar-refractivity contribution in [3.8, 4) is 0 Å². The molecule has 0 bridgehead atoms. The van der Waals surface area contributed by atoms with Crippen LogP contribution in [0.4, 0.5) is 5.13 Å². The minimum absolute atomic E-state index is 0.0362. The summed E-state index contributed by atoms with van der Waals surface area (Å²) in [6.07, 6.45) is 0.368. The SMILES string of the molecule is Cc1ccc(Cl)c2sc(N(Cc3ccccc3)C(=O)Cc3cccs3)nc12. The summed E-state index contributed by atoms with van der Waals surface area (Å²) in [6.45, 7) is 2.50. The normalized spacial score (nSPS) is 11.0. The number of aromatic nitrogens is 1. The summed E-state index contributed by atoms with van der Waals surface area (Å²) < 4.78 is 0.925. The molecule has 0 atom stereocenters. The number of fused-ring (bicyclic) bond motifs is 1. The molecule has 0 spiro atoms. The van der Waals surface area contributed by atoms with Crippen molar-refractivity contribution >= 4 is 55.5 Å². The van der Waals surface area contributed by atoms with E-state index >= 15 is 0 Å². The Morgan fingerprint density at radius 1 is 1.11 bits per heavy atom. The van der Waals surface area contributed by atoms with E-state index in [1.165, 1.54) is 11.3 Å². The van der Waals surface area contributed by atoms with Crippen molar-refractivity contribution in [1.82, 2.24) is 4.98 Å². The molecule has 2 aromatic heterocycles. The van der Waals surface area contributed by atoms with E-state index in [-0.39, 0.29) is 5.91 Å². The van der Waals surface area contributed by atoms with Crippen molar-refractivity contribution in [3.05, 3.63) is 81.0 Å². The molecular formula is C21H17ClN2OS2. The fraction of sp³-hybridized carbons (Fsp3) is 0.143. The molecule has 4 aromatic rings. The number of nitrogens with zero attached hydrogens (tertiary/aromatic N) is 2. The third-order valence-electron chi connectivity index (χ3n) is 4.31. The second kappa shape index (κ2) is 7.80. The first-order valence-corrected chi connectivity index (χ1v) is 10.6. The number of carbonyl (C=O) groups excluding carboxylic acids is 1. The number of halogens is 1. The largest absolute Gasteiger partial charge is 0.283 e. The highest BCUT2D eigenvalue weighted by Gasteiger charge is 2.22. The maximum absolute atomic E-state index is 13.1. The second-order valence-corrected chi connectivity index (χ2v) is 8.68. The number of hydrogen-bond donors (Lipinski definition) is 0. The van der Waals surface area contributed by atoms with Crippen LogP contribution in [0, 0.1) is 6.92 Å². The zero-order valence-corrected chi connectivity index (χ0v) is 17.1. The van der Waals surface area contributed by atoms with Crippen LogP contribution >= 0.6 is 34.3 Å². The molecule has 0 aliphatic rings. The lowest BCUT2D eigenvalue weighted by Gasteiger charge is -2.19. The molecule has 2 heterocycles. The minimum Gasteiger partial charge on any atom is -0.283 e. The van der Waals surface area contributed by atoms with E-state index in [1.54, 1.807) is 16.2 Å². The van der Waals surface area contributed by atoms with Crippen LogP contribution in [-0.4, -0.2) is 10.9 Å². The third-order valence-corrected chi connectivity index (χ3v) is 6.72. The number of benzene rings is 2. The van der Waals surface area contributed by atoms with Crippen molar-refractivity contribution in [2.24, 2.45) is 0 Å². The Morgan fingerprint density at radius 3 is 2.63 bits per heavy atom. The van der Waals surface area contributed by atoms with Gasteiger partial charge in [-0.05, 0) is 35.6 Å². The molecule has 4 rings (SSSR count). The number of thiazole rings is 1. The predicted molar refractivity (Wildman–Crippen MR) is 115 cm³/mol. The number of rotatable bonds is 5. The van der Waals surface area contributed by atoms with Crippen molar-refractivity contribution in [2.75, 3.05) is 4.90 Å². The van der Waals surface area contributed by atoms with Gasteiger partial charge in [-0.3, -0.25) is 9.69 Å². The molecule has 2 aromatic carbocycles. The molecule has 27 heavy (non-hydrogen) atoms. The summed E-state index contributed by atoms with van der Waals surface area (Å²) in [5.74, 6) is 0.0362. The highest BCUT2D eigenvalue weighted by molar-refractivity contribution is 7.23. The number of hydrogen-bond acceptors (Lipinski definition) is 4. The molecule has 3 nitrogen and oxygen atoms in total. The Kier molecular flexibility index (Phi) is 5.25. The van der Waals surface area contributed by atoms with E-state index in [2.05, 4.69) is 0 Å². The summed E-state index contributed by atoms with van der Waals surface area (Å²) in [5.41, 5.74) is 2.99. The van der Waals surface area contributed by atoms with E-state index in [4.69, 9.17) is 16.6 Å². The summed E-state index contributed by atoms with van der Waals surface area (Å²) in [7, 11) is 0. The molecule has 0 radical (unpaired) electrons. The maximum Gasteiger partial charge on any atom is 0.234 e. The highest BCUT2D eigenvalue weighted by atomic mass is 35.5. The fourth-order valence-electron chi connectivity index (χ4n) is 2.89. The summed E-state index contributed by atoms with van der Waals surface area (Å²) >= 11 is 9.44. The Labute approximate surface area is 170 Å². The zero-order chi connectivity index (χ0) is 18.8. The van der Waals surface area contributed by atoms with Gasteiger partial charge in [0.2, 0.25) is 5.91 Å². The molecule has 136 valence electrons. The second-order valence-electron chi connectivity index (χ2n) is 6.26. The number of carbonyl (C=O) groups is 1. The average molecular weight is 413 g/mol. The molecule has 0 saturated carbocycles. The zero-order valence-electron chi connectivity index (χ0n) is 14.7. The minimum atomic E-state index is 0.0362. The Morgan fingerprint density at radius 2 is 1.93 bits per heavy atom. The van der Waals surface area contributed by atoms with Gasteiger partial charge in [0.05, 0.1) is 28.2 Å². The van der Waals surface area contributed by atoms with Crippen LogP contribution in [0.3, 0.4) is 0 Å². The first-order chi connectivity index (χ1) is 13.1. The topological polar surface area (TPSA) is 33.2 Å². The number of aryl methyl sites for hydroxylation is 1. The lowest BCUT2D eigenvalue weighted by Crippen LogP contribution is -2.31. The van der Waals surface area contributed by atoms with Crippen LogP contribution in [0.15, 0.2) is 60.0 Å². The van der Waals surface area contributed by atoms with Crippen LogP contribution in [0.1, 0.15) is 16.0 Å². The molecule has 0 unspecified atom stereocenters. The summed E-state index contributed by atoms with van der Waals surface area (Å²) in [6, 6.07) is 17.8. The van der Waals surface area contributed by atoms with Gasteiger partial charge in [-0.25, -0.2) is 4.98 Å². The summed E-state index contributed by atoms with van der Waals surface area (Å²) in [4.78, 5) is 20.7. The van der Waals surface area contributed by atoms with Gasteiger partial charge in [0.25, 0.3) is 0 Å². The quantitative estimate of drug-likeness (QED) is 0.397. The first-order valence-electron chi connectivity index (χ1n) is 8.54. The number of thiophene rings is 1. The highest BCUT2D eigenvalue weighted by Crippen LogP contribution is 2.36. The molecule has 0 aliphatic heterocycles. The van der Waals surface area contributed by atoms with E-state index in [9.17, 15) is 4.79 Å². The van der Waals surface area contributed by atoms with Gasteiger partial charge in [0.15, 0.2) is 5.13 Å². The van der Waals surface area contributed by atoms with Crippen LogP contribution < -0.4 is 4.90 Å². The van der Waals surface area contributed by atoms with Crippen LogP contribution in [0.2, 0.25) is 5.02 Å². The Hall–Kier alpha value is -2.21. The number of amides is 1. The monoisotopic (exact) mass is 412 g/mol. The summed E-state index contributed by atoms with van der Waals surface area (Å²) in [5, 5.41) is 3.35. The van der Waals surface area contributed by atoms with Gasteiger partial charge >= 0.3 is 0 Å². The van der Waals surface area contributed by atoms with Crippen LogP contribution in [-0.2, 0) is 17.8 Å². The van der Waals surface area contributed by atoms with Crippen LogP contribution in [0.5, 0.6) is 0 Å². The van der Waals surface area contributed by atoms with Gasteiger partial charge in [-0.15, -0.1) is 11.3 Å². The molecule has 0 N–H and O–H groups in total. The van der Waals surface area contributed by atoms with Gasteiger partial charge < -0.3 is 0 Å². The predicted octanol–water partition coefficient (Wildman–Crippen LogP) is 6.10. The Bertz CT molecular complexity index is 1040. The molecule has 0 aliphatic carbocycles. The molecule has 1 amide bonds. The van der Waals surface area contributed by atoms with Gasteiger partial charge in [-0.2, -0.15) is 0 Å².